The summed E-state index contributed by atoms with van der Waals surface area (Å²) in [6.07, 6.45) is 2.79. The smallest absolute Gasteiger partial charge is 0.371 e. The molecular weight excluding hydrogens is 371 g/mol. The summed E-state index contributed by atoms with van der Waals surface area (Å²) in [5.74, 6) is 1.01. The van der Waals surface area contributed by atoms with Crippen molar-refractivity contribution in [3.63, 3.8) is 0 Å². The number of nitrogens with zero attached hydrogens (tertiary/aromatic N) is 1. The van der Waals surface area contributed by atoms with E-state index in [-0.39, 0.29) is 22.6 Å². The molecule has 0 bridgehead atoms. The Bertz CT molecular complexity index is 995. The molecule has 9 heteroatoms. The molecule has 5 nitrogen and oxygen atoms in total. The minimum Gasteiger partial charge on any atom is -0.456 e. The van der Waals surface area contributed by atoms with Gasteiger partial charge in [-0.1, -0.05) is 5.92 Å². The summed E-state index contributed by atoms with van der Waals surface area (Å²) < 4.78 is 66.5. The van der Waals surface area contributed by atoms with Crippen LogP contribution in [0, 0.1) is 29.5 Å². The van der Waals surface area contributed by atoms with Crippen molar-refractivity contribution in [2.75, 3.05) is 0 Å². The number of benzene rings is 2. The van der Waals surface area contributed by atoms with Crippen LogP contribution < -0.4 is 4.74 Å². The predicted octanol–water partition coefficient (Wildman–Crippen LogP) is 4.22. The molecule has 0 fully saturated rings. The zero-order valence-electron chi connectivity index (χ0n) is 12.8. The van der Waals surface area contributed by atoms with Crippen LogP contribution in [0.3, 0.4) is 0 Å². The maximum absolute atomic E-state index is 14.0. The zero-order chi connectivity index (χ0) is 19.3. The van der Waals surface area contributed by atoms with Crippen molar-refractivity contribution < 1.29 is 32.1 Å². The highest BCUT2D eigenvalue weighted by molar-refractivity contribution is 8.25. The maximum Gasteiger partial charge on any atom is 0.371 e. The molecule has 134 valence electrons. The van der Waals surface area contributed by atoms with E-state index in [1.54, 1.807) is 6.07 Å². The highest BCUT2D eigenvalue weighted by Gasteiger charge is 2.61. The van der Waals surface area contributed by atoms with Gasteiger partial charge in [0.1, 0.15) is 17.3 Å². The number of nitriles is 1. The molecule has 3 rings (SSSR count). The van der Waals surface area contributed by atoms with Gasteiger partial charge in [-0.05, 0) is 24.3 Å². The first kappa shape index (κ1) is 18.1. The predicted molar refractivity (Wildman–Crippen MR) is 86.6 cm³/mol. The summed E-state index contributed by atoms with van der Waals surface area (Å²) in [5, 5.41) is 14.5. The van der Waals surface area contributed by atoms with Crippen LogP contribution in [0.25, 0.3) is 0 Å². The molecule has 2 aromatic rings. The normalized spacial score (nSPS) is 20.5. The van der Waals surface area contributed by atoms with E-state index >= 15 is 0 Å². The third-order valence-electron chi connectivity index (χ3n) is 3.82. The Morgan fingerprint density at radius 1 is 1.23 bits per heavy atom. The standard InChI is InChI=1S/C17H10F3NO4S/c1-2-12-13(25-11-6-9(8-21)5-10(18)7-11)3-4-14-15(12)16(22)17(19,20)26(14,23)24/h1,3-7,16,22-24H. The number of hydrogen-bond donors (Lipinski definition) is 3. The topological polar surface area (TPSA) is 93.7 Å². The number of aliphatic hydroxyl groups excluding tert-OH is 1. The molecule has 0 saturated heterocycles. The van der Waals surface area contributed by atoms with E-state index in [1.807, 2.05) is 0 Å². The summed E-state index contributed by atoms with van der Waals surface area (Å²) in [6.45, 7) is 0. The first-order chi connectivity index (χ1) is 12.1. The Morgan fingerprint density at radius 2 is 1.92 bits per heavy atom. The lowest BCUT2D eigenvalue weighted by Gasteiger charge is -2.34. The molecule has 0 radical (unpaired) electrons. The lowest BCUT2D eigenvalue weighted by Crippen LogP contribution is -2.26. The molecule has 0 spiro atoms. The molecule has 1 unspecified atom stereocenters. The minimum absolute atomic E-state index is 0.0378. The lowest BCUT2D eigenvalue weighted by molar-refractivity contribution is -0.0434. The van der Waals surface area contributed by atoms with Crippen molar-refractivity contribution in [1.82, 2.24) is 0 Å². The van der Waals surface area contributed by atoms with Crippen LogP contribution in [0.15, 0.2) is 35.2 Å². The van der Waals surface area contributed by atoms with Crippen molar-refractivity contribution >= 4 is 10.6 Å². The number of rotatable bonds is 2. The van der Waals surface area contributed by atoms with E-state index in [0.29, 0.717) is 0 Å². The van der Waals surface area contributed by atoms with Crippen LogP contribution in [0.5, 0.6) is 11.5 Å². The van der Waals surface area contributed by atoms with Crippen LogP contribution in [0.2, 0.25) is 0 Å². The number of terminal acetylenes is 1. The van der Waals surface area contributed by atoms with Gasteiger partial charge in [-0.2, -0.15) is 14.0 Å². The molecule has 26 heavy (non-hydrogen) atoms. The first-order valence-electron chi connectivity index (χ1n) is 6.99. The second-order valence-corrected chi connectivity index (χ2v) is 7.48. The van der Waals surface area contributed by atoms with E-state index in [1.165, 1.54) is 6.07 Å². The molecule has 2 aromatic carbocycles. The van der Waals surface area contributed by atoms with E-state index in [4.69, 9.17) is 16.4 Å². The van der Waals surface area contributed by atoms with Crippen LogP contribution in [-0.2, 0) is 0 Å². The fourth-order valence-electron chi connectivity index (χ4n) is 2.62. The molecule has 1 atom stereocenters. The largest absolute Gasteiger partial charge is 0.456 e. The van der Waals surface area contributed by atoms with Crippen molar-refractivity contribution in [3.8, 4) is 29.9 Å². The summed E-state index contributed by atoms with van der Waals surface area (Å²) in [7, 11) is -4.61. The van der Waals surface area contributed by atoms with Gasteiger partial charge >= 0.3 is 5.25 Å². The molecule has 0 amide bonds. The third kappa shape index (κ3) is 2.50. The Morgan fingerprint density at radius 3 is 2.54 bits per heavy atom. The van der Waals surface area contributed by atoms with Crippen LogP contribution in [0.1, 0.15) is 22.8 Å². The maximum atomic E-state index is 14.0. The van der Waals surface area contributed by atoms with Gasteiger partial charge in [-0.15, -0.1) is 17.0 Å². The average Bonchev–Trinajstić information content (AvgIpc) is 2.72. The molecule has 0 aromatic heterocycles. The Balaban J connectivity index is 2.14. The summed E-state index contributed by atoms with van der Waals surface area (Å²) >= 11 is 0. The zero-order valence-corrected chi connectivity index (χ0v) is 13.6. The second kappa shape index (κ2) is 5.94. The highest BCUT2D eigenvalue weighted by atomic mass is 32.3. The van der Waals surface area contributed by atoms with E-state index in [9.17, 15) is 27.4 Å². The second-order valence-electron chi connectivity index (χ2n) is 5.40. The molecule has 1 aliphatic heterocycles. The van der Waals surface area contributed by atoms with Gasteiger partial charge in [0, 0.05) is 11.6 Å². The number of aliphatic hydroxyl groups is 1. The minimum atomic E-state index is -4.61. The number of alkyl halides is 2. The van der Waals surface area contributed by atoms with Gasteiger partial charge in [0.25, 0.3) is 0 Å². The highest BCUT2D eigenvalue weighted by Crippen LogP contribution is 2.72. The summed E-state index contributed by atoms with van der Waals surface area (Å²) in [4.78, 5) is -0.577. The number of halogens is 3. The molecule has 3 N–H and O–H groups in total. The van der Waals surface area contributed by atoms with Gasteiger partial charge in [-0.25, -0.2) is 4.39 Å². The van der Waals surface area contributed by atoms with Gasteiger partial charge in [-0.3, -0.25) is 9.11 Å². The van der Waals surface area contributed by atoms with Crippen LogP contribution in [-0.4, -0.2) is 19.5 Å². The van der Waals surface area contributed by atoms with Crippen molar-refractivity contribution in [3.05, 3.63) is 52.8 Å². The quantitative estimate of drug-likeness (QED) is 0.677. The molecule has 1 aliphatic rings. The Kier molecular flexibility index (Phi) is 4.14. The Labute approximate surface area is 147 Å². The van der Waals surface area contributed by atoms with E-state index < -0.39 is 38.2 Å². The summed E-state index contributed by atoms with van der Waals surface area (Å²) in [6, 6.07) is 6.91. The monoisotopic (exact) mass is 381 g/mol. The van der Waals surface area contributed by atoms with Gasteiger partial charge in [0.05, 0.1) is 22.1 Å². The lowest BCUT2D eigenvalue weighted by atomic mass is 10.0. The van der Waals surface area contributed by atoms with Crippen LogP contribution in [0.4, 0.5) is 13.2 Å². The van der Waals surface area contributed by atoms with Gasteiger partial charge in [0.2, 0.25) is 0 Å². The molecule has 0 aliphatic carbocycles. The van der Waals surface area contributed by atoms with E-state index in [0.717, 1.165) is 24.3 Å². The first-order valence-corrected chi connectivity index (χ1v) is 8.54. The van der Waals surface area contributed by atoms with Crippen molar-refractivity contribution in [2.24, 2.45) is 0 Å². The van der Waals surface area contributed by atoms with Crippen molar-refractivity contribution in [2.45, 2.75) is 16.3 Å². The third-order valence-corrected chi connectivity index (χ3v) is 5.77. The SMILES string of the molecule is C#Cc1c(Oc2cc(F)cc(C#N)c2)ccc2c1C(O)C(F)(F)S2(O)O. The molecule has 0 saturated carbocycles. The summed E-state index contributed by atoms with van der Waals surface area (Å²) in [5.41, 5.74) is -0.897. The van der Waals surface area contributed by atoms with Crippen LogP contribution >= 0.6 is 10.6 Å². The average molecular weight is 381 g/mol. The van der Waals surface area contributed by atoms with E-state index in [2.05, 4.69) is 5.92 Å². The fourth-order valence-corrected chi connectivity index (χ4v) is 4.12. The van der Waals surface area contributed by atoms with Gasteiger partial charge in [0.15, 0.2) is 6.10 Å². The Hall–Kier alpha value is -2.69. The number of hydrogen-bond acceptors (Lipinski definition) is 5. The van der Waals surface area contributed by atoms with Crippen molar-refractivity contribution in [1.29, 1.82) is 5.26 Å². The number of ether oxygens (including phenoxy) is 1. The molecule has 1 heterocycles. The number of fused-ring (bicyclic) bond motifs is 1. The van der Waals surface area contributed by atoms with Gasteiger partial charge < -0.3 is 9.84 Å². The molecular formula is C17H10F3NO4S. The fraction of sp³-hybridized carbons (Fsp3) is 0.118.